The Morgan fingerprint density at radius 2 is 0.978 bits per heavy atom. The molecule has 6 unspecified atom stereocenters. The third-order valence-electron chi connectivity index (χ3n) is 17.2. The molecule has 0 saturated carbocycles. The van der Waals surface area contributed by atoms with Crippen LogP contribution in [0.4, 0.5) is 0 Å². The van der Waals surface area contributed by atoms with Crippen LogP contribution in [0.2, 0.25) is 0 Å². The predicted molar refractivity (Wildman–Crippen MR) is 320 cm³/mol. The van der Waals surface area contributed by atoms with Crippen LogP contribution in [0.1, 0.15) is 117 Å². The summed E-state index contributed by atoms with van der Waals surface area (Å²) in [6, 6.07) is 44.0. The van der Waals surface area contributed by atoms with Crippen LogP contribution in [0.25, 0.3) is 45.7 Å². The van der Waals surface area contributed by atoms with Crippen molar-refractivity contribution < 1.29 is 48.8 Å². The fourth-order valence-corrected chi connectivity index (χ4v) is 13.5. The first-order valence-electron chi connectivity index (χ1n) is 29.2. The molecular formula is C67H60N12O10. The second-order valence-electron chi connectivity index (χ2n) is 22.4. The number of nitrogens with two attached hydrogens (primary N) is 1. The summed E-state index contributed by atoms with van der Waals surface area (Å²) in [6.07, 6.45) is 4.95. The molecule has 22 nitrogen and oxygen atoms in total. The molecule has 89 heavy (non-hydrogen) atoms. The first-order valence-corrected chi connectivity index (χ1v) is 29.2. The number of amidine groups is 1. The number of rotatable bonds is 12. The Kier molecular flexibility index (Phi) is 17.5. The van der Waals surface area contributed by atoms with Crippen LogP contribution in [0.3, 0.4) is 0 Å². The number of nitrogens with zero attached hydrogens (tertiary/aromatic N) is 11. The molecule has 5 heterocycles. The van der Waals surface area contributed by atoms with Crippen molar-refractivity contribution in [2.75, 3.05) is 32.8 Å². The second kappa shape index (κ2) is 26.0. The van der Waals surface area contributed by atoms with Crippen LogP contribution < -0.4 is 5.73 Å². The molecule has 8 aromatic rings. The maximum absolute atomic E-state index is 12.3. The monoisotopic (exact) mass is 1190 g/mol. The molecule has 6 atom stereocenters. The lowest BCUT2D eigenvalue weighted by Gasteiger charge is -2.24. The normalized spacial score (nSPS) is 19.6. The number of β-amino-alcohol motifs (C(OH)–C–C–N with tert-alkyl or cyclic N) is 2. The van der Waals surface area contributed by atoms with E-state index in [1.165, 1.54) is 17.7 Å². The van der Waals surface area contributed by atoms with E-state index in [0.29, 0.717) is 89.5 Å². The quantitative estimate of drug-likeness (QED) is 0.0332. The fourth-order valence-electron chi connectivity index (χ4n) is 13.5. The minimum Gasteiger partial charge on any atom is -0.478 e. The van der Waals surface area contributed by atoms with Gasteiger partial charge in [0.25, 0.3) is 11.8 Å². The molecule has 6 aromatic carbocycles. The summed E-state index contributed by atoms with van der Waals surface area (Å²) >= 11 is 0. The summed E-state index contributed by atoms with van der Waals surface area (Å²) in [5, 5.41) is 74.1. The van der Waals surface area contributed by atoms with E-state index in [-0.39, 0.29) is 72.3 Å². The van der Waals surface area contributed by atoms with Gasteiger partial charge < -0.3 is 50.0 Å². The van der Waals surface area contributed by atoms with E-state index in [1.54, 1.807) is 58.3 Å². The van der Waals surface area contributed by atoms with Crippen LogP contribution in [-0.4, -0.2) is 118 Å². The zero-order valence-electron chi connectivity index (χ0n) is 48.3. The van der Waals surface area contributed by atoms with Gasteiger partial charge in [-0.15, -0.1) is 0 Å². The first kappa shape index (κ1) is 59.9. The van der Waals surface area contributed by atoms with Gasteiger partial charge in [0.1, 0.15) is 0 Å². The predicted octanol–water partition coefficient (Wildman–Crippen LogP) is 8.32. The van der Waals surface area contributed by atoms with Crippen molar-refractivity contribution >= 4 is 29.5 Å². The number of aromatic nitrogens is 4. The maximum atomic E-state index is 12.3. The third-order valence-corrected chi connectivity index (χ3v) is 17.2. The molecule has 6 aliphatic rings. The second-order valence-corrected chi connectivity index (χ2v) is 22.4. The molecule has 14 rings (SSSR count). The summed E-state index contributed by atoms with van der Waals surface area (Å²) in [5.41, 5.74) is 18.1. The Hall–Kier alpha value is -10.9. The van der Waals surface area contributed by atoms with Crippen molar-refractivity contribution in [1.82, 2.24) is 35.0 Å². The van der Waals surface area contributed by atoms with Gasteiger partial charge in [-0.3, -0.25) is 14.4 Å². The number of carbonyl (C=O) groups excluding carboxylic acids is 3. The van der Waals surface area contributed by atoms with Gasteiger partial charge in [-0.05, 0) is 131 Å². The van der Waals surface area contributed by atoms with Gasteiger partial charge in [0.05, 0.1) is 71.8 Å². The van der Waals surface area contributed by atoms with Crippen molar-refractivity contribution in [3.05, 3.63) is 189 Å². The number of aromatic carboxylic acids is 1. The van der Waals surface area contributed by atoms with Gasteiger partial charge >= 0.3 is 5.97 Å². The van der Waals surface area contributed by atoms with Gasteiger partial charge in [0.2, 0.25) is 29.4 Å². The summed E-state index contributed by atoms with van der Waals surface area (Å²) in [6.45, 7) is 3.51. The number of hydrogen-bond donors (Lipinski definition) is 5. The number of nitriles is 3. The van der Waals surface area contributed by atoms with Gasteiger partial charge in [0.15, 0.2) is 5.84 Å². The molecular weight excluding hydrogens is 1130 g/mol. The first-order chi connectivity index (χ1) is 43.3. The van der Waals surface area contributed by atoms with E-state index in [2.05, 4.69) is 50.6 Å². The van der Waals surface area contributed by atoms with Crippen molar-refractivity contribution in [1.29, 1.82) is 15.8 Å². The number of amides is 3. The highest BCUT2D eigenvalue weighted by Crippen LogP contribution is 2.51. The molecule has 3 amide bonds. The summed E-state index contributed by atoms with van der Waals surface area (Å²) < 4.78 is 10.9. The van der Waals surface area contributed by atoms with Gasteiger partial charge in [0, 0.05) is 66.7 Å². The Balaban J connectivity index is 0.000000129. The summed E-state index contributed by atoms with van der Waals surface area (Å²) in [4.78, 5) is 61.8. The lowest BCUT2D eigenvalue weighted by atomic mass is 10.0. The van der Waals surface area contributed by atoms with Crippen LogP contribution in [-0.2, 0) is 33.6 Å². The molecule has 448 valence electrons. The minimum atomic E-state index is -1.01. The average molecular weight is 1190 g/mol. The number of fused-ring (bicyclic) bond motifs is 9. The fraction of sp³-hybridized carbons (Fsp3) is 0.284. The van der Waals surface area contributed by atoms with Crippen LogP contribution in [0, 0.1) is 51.7 Å². The lowest BCUT2D eigenvalue weighted by molar-refractivity contribution is -0.130. The summed E-state index contributed by atoms with van der Waals surface area (Å²) in [5.74, 6) is 2.07. The highest BCUT2D eigenvalue weighted by Gasteiger charge is 2.48. The van der Waals surface area contributed by atoms with Crippen molar-refractivity contribution in [2.24, 2.45) is 28.6 Å². The standard InChI is InChI=1S/2C22H18N4O3.C15H19N3O2.C8H5NO2/c2*23-12-13-3-1-4-14(9-13)22-24-21(25-29-22)17-6-2-5-16-18(17)10-15-11-19(28)26(7-8-27)20(15)16;1-2-6-18-13(19)8-9-7-12-10(14(9)18)4-3-5-11(12)15(16)17-20;9-5-6-2-1-3-7(4-6)8(10)11/h2*1-6,9,15,20,27H,7-8,10-11H2;3-5,9,14,20H,2,6-8H2,1H3,(H2,16,17);1-4H,(H,10,11). The number of oxime groups is 1. The molecule has 0 bridgehead atoms. The van der Waals surface area contributed by atoms with Crippen molar-refractivity contribution in [3.63, 3.8) is 0 Å². The Labute approximate surface area is 511 Å². The highest BCUT2D eigenvalue weighted by molar-refractivity contribution is 5.99. The zero-order valence-corrected chi connectivity index (χ0v) is 48.3. The van der Waals surface area contributed by atoms with Crippen LogP contribution >= 0.6 is 0 Å². The number of carboxylic acid groups (broad SMARTS) is 1. The van der Waals surface area contributed by atoms with Crippen molar-refractivity contribution in [3.8, 4) is 63.9 Å². The maximum Gasteiger partial charge on any atom is 0.335 e. The van der Waals surface area contributed by atoms with E-state index in [0.717, 1.165) is 76.7 Å². The highest BCUT2D eigenvalue weighted by atomic mass is 16.5. The molecule has 3 fully saturated rings. The number of likely N-dealkylation sites (tertiary alicyclic amines) is 3. The van der Waals surface area contributed by atoms with Crippen molar-refractivity contribution in [2.45, 2.75) is 70.0 Å². The Bertz CT molecular complexity index is 4030. The molecule has 3 saturated heterocycles. The van der Waals surface area contributed by atoms with E-state index in [9.17, 15) is 29.4 Å². The SMILES string of the molecule is CCCN1C(=O)CC2Cc3c(/C(N)=N/O)cccc3C21.N#Cc1cccc(-c2nc(-c3cccc4c3CC3CC(=O)N(CCO)C43)no2)c1.N#Cc1cccc(-c2nc(-c3cccc4c3CC3CC(=O)N(CCO)C43)no2)c1.N#Cc1cccc(C(=O)O)c1. The van der Waals surface area contributed by atoms with E-state index >= 15 is 0 Å². The van der Waals surface area contributed by atoms with Gasteiger partial charge in [-0.1, -0.05) is 95.2 Å². The number of aliphatic hydroxyl groups is 2. The molecule has 6 N–H and O–H groups in total. The Morgan fingerprint density at radius 1 is 0.573 bits per heavy atom. The van der Waals surface area contributed by atoms with Gasteiger partial charge in [-0.2, -0.15) is 25.8 Å². The molecule has 3 aliphatic carbocycles. The van der Waals surface area contributed by atoms with E-state index in [1.807, 2.05) is 71.6 Å². The number of carboxylic acids is 1. The largest absolute Gasteiger partial charge is 0.478 e. The smallest absolute Gasteiger partial charge is 0.335 e. The van der Waals surface area contributed by atoms with E-state index in [4.69, 9.17) is 40.9 Å². The number of hydrogen-bond acceptors (Lipinski definition) is 17. The molecule has 0 spiro atoms. The van der Waals surface area contributed by atoms with Gasteiger partial charge in [-0.25, -0.2) is 4.79 Å². The summed E-state index contributed by atoms with van der Waals surface area (Å²) in [7, 11) is 0. The zero-order chi connectivity index (χ0) is 62.5. The topological polar surface area (TPSA) is 347 Å². The molecule has 22 heteroatoms. The van der Waals surface area contributed by atoms with Crippen LogP contribution in [0.15, 0.2) is 142 Å². The third kappa shape index (κ3) is 11.8. The molecule has 2 aromatic heterocycles. The molecule has 3 aliphatic heterocycles. The lowest BCUT2D eigenvalue weighted by Crippen LogP contribution is -2.30. The number of benzene rings is 6. The Morgan fingerprint density at radius 3 is 1.40 bits per heavy atom. The molecule has 0 radical (unpaired) electrons. The number of carbonyl (C=O) groups is 4. The van der Waals surface area contributed by atoms with E-state index < -0.39 is 5.97 Å². The minimum absolute atomic E-state index is 0.00304. The average Bonchev–Trinajstić information content (AvgIpc) is 1.93. The van der Waals surface area contributed by atoms with Crippen LogP contribution in [0.5, 0.6) is 0 Å². The number of aliphatic hydroxyl groups excluding tert-OH is 2.